The molecule has 0 saturated heterocycles. The van der Waals surface area contributed by atoms with Gasteiger partial charge in [0.05, 0.1) is 17.6 Å². The van der Waals surface area contributed by atoms with Gasteiger partial charge in [-0.25, -0.2) is 0 Å². The lowest BCUT2D eigenvalue weighted by Gasteiger charge is -2.16. The molecule has 0 atom stereocenters. The van der Waals surface area contributed by atoms with Crippen LogP contribution in [0.2, 0.25) is 0 Å². The Bertz CT molecular complexity index is 417. The Labute approximate surface area is 118 Å². The number of anilines is 1. The summed E-state index contributed by atoms with van der Waals surface area (Å²) in [5, 5.41) is 3.13. The van der Waals surface area contributed by atoms with Crippen molar-refractivity contribution >= 4 is 23.4 Å². The predicted molar refractivity (Wildman–Crippen MR) is 79.0 cm³/mol. The minimum Gasteiger partial charge on any atom is -0.397 e. The van der Waals surface area contributed by atoms with Gasteiger partial charge in [0, 0.05) is 17.1 Å². The summed E-state index contributed by atoms with van der Waals surface area (Å²) in [6, 6.07) is 2.21. The zero-order valence-electron chi connectivity index (χ0n) is 11.1. The maximum atomic E-state index is 11.9. The maximum absolute atomic E-state index is 11.9. The summed E-state index contributed by atoms with van der Waals surface area (Å²) in [6.07, 6.45) is 10.6. The third-order valence-electron chi connectivity index (χ3n) is 3.39. The number of hydrogen-bond acceptors (Lipinski definition) is 4. The molecule has 5 heteroatoms. The Hall–Kier alpha value is -1.23. The minimum absolute atomic E-state index is 0.105. The lowest BCUT2D eigenvalue weighted by molar-refractivity contribution is -0.119. The van der Waals surface area contributed by atoms with E-state index in [1.807, 2.05) is 6.07 Å². The molecule has 0 aliphatic heterocycles. The van der Waals surface area contributed by atoms with E-state index in [4.69, 9.17) is 5.73 Å². The second kappa shape index (κ2) is 7.38. The second-order valence-electron chi connectivity index (χ2n) is 4.96. The molecule has 1 amide bonds. The molecular weight excluding hydrogens is 258 g/mol. The molecule has 104 valence electrons. The van der Waals surface area contributed by atoms with Crippen molar-refractivity contribution in [3.05, 3.63) is 18.5 Å². The number of pyridine rings is 1. The highest BCUT2D eigenvalue weighted by Gasteiger charge is 2.14. The number of nitrogens with two attached hydrogens (primary N) is 1. The number of thioether (sulfide) groups is 1. The van der Waals surface area contributed by atoms with E-state index in [-0.39, 0.29) is 5.91 Å². The number of hydrogen-bond donors (Lipinski definition) is 2. The minimum atomic E-state index is 0.105. The molecule has 4 nitrogen and oxygen atoms in total. The van der Waals surface area contributed by atoms with Crippen molar-refractivity contribution in [3.8, 4) is 0 Å². The summed E-state index contributed by atoms with van der Waals surface area (Å²) in [5.41, 5.74) is 6.43. The van der Waals surface area contributed by atoms with Crippen LogP contribution < -0.4 is 11.1 Å². The molecule has 1 aliphatic carbocycles. The fourth-order valence-corrected chi connectivity index (χ4v) is 3.11. The van der Waals surface area contributed by atoms with Crippen LogP contribution in [0.5, 0.6) is 0 Å². The summed E-state index contributed by atoms with van der Waals surface area (Å²) < 4.78 is 0. The number of carbonyl (C=O) groups excluding carboxylic acids is 1. The van der Waals surface area contributed by atoms with Crippen LogP contribution in [0.3, 0.4) is 0 Å². The van der Waals surface area contributed by atoms with Crippen LogP contribution in [0.15, 0.2) is 23.4 Å². The zero-order valence-corrected chi connectivity index (χ0v) is 11.9. The van der Waals surface area contributed by atoms with Gasteiger partial charge in [-0.1, -0.05) is 25.7 Å². The lowest BCUT2D eigenvalue weighted by Crippen LogP contribution is -2.35. The number of carbonyl (C=O) groups is 1. The van der Waals surface area contributed by atoms with Gasteiger partial charge in [-0.2, -0.15) is 0 Å². The summed E-state index contributed by atoms with van der Waals surface area (Å²) in [7, 11) is 0. The van der Waals surface area contributed by atoms with Gasteiger partial charge in [0.1, 0.15) is 0 Å². The summed E-state index contributed by atoms with van der Waals surface area (Å²) in [4.78, 5) is 16.8. The zero-order chi connectivity index (χ0) is 13.5. The van der Waals surface area contributed by atoms with Crippen molar-refractivity contribution in [2.75, 3.05) is 11.5 Å². The summed E-state index contributed by atoms with van der Waals surface area (Å²) in [6.45, 7) is 0. The van der Waals surface area contributed by atoms with Crippen molar-refractivity contribution in [2.45, 2.75) is 49.5 Å². The topological polar surface area (TPSA) is 68.0 Å². The average Bonchev–Trinajstić information content (AvgIpc) is 2.66. The van der Waals surface area contributed by atoms with Gasteiger partial charge in [0.15, 0.2) is 0 Å². The highest BCUT2D eigenvalue weighted by Crippen LogP contribution is 2.23. The van der Waals surface area contributed by atoms with Crippen molar-refractivity contribution < 1.29 is 4.79 Å². The second-order valence-corrected chi connectivity index (χ2v) is 5.98. The van der Waals surface area contributed by atoms with Crippen molar-refractivity contribution in [3.63, 3.8) is 0 Å². The number of rotatable bonds is 4. The van der Waals surface area contributed by atoms with Crippen LogP contribution in [0.25, 0.3) is 0 Å². The van der Waals surface area contributed by atoms with Crippen LogP contribution in [-0.4, -0.2) is 22.7 Å². The van der Waals surface area contributed by atoms with Crippen molar-refractivity contribution in [1.29, 1.82) is 0 Å². The Balaban J connectivity index is 1.76. The molecular formula is C14H21N3OS. The Kier molecular flexibility index (Phi) is 5.51. The van der Waals surface area contributed by atoms with E-state index in [0.29, 0.717) is 17.5 Å². The summed E-state index contributed by atoms with van der Waals surface area (Å²) >= 11 is 1.47. The van der Waals surface area contributed by atoms with Gasteiger partial charge in [-0.3, -0.25) is 9.78 Å². The van der Waals surface area contributed by atoms with E-state index in [2.05, 4.69) is 10.3 Å². The van der Waals surface area contributed by atoms with Crippen LogP contribution in [0.1, 0.15) is 38.5 Å². The molecule has 3 N–H and O–H groups in total. The molecule has 0 radical (unpaired) electrons. The van der Waals surface area contributed by atoms with Crippen molar-refractivity contribution in [2.24, 2.45) is 0 Å². The Morgan fingerprint density at radius 3 is 2.79 bits per heavy atom. The van der Waals surface area contributed by atoms with Gasteiger partial charge in [0.25, 0.3) is 0 Å². The number of nitrogen functional groups attached to an aromatic ring is 1. The summed E-state index contributed by atoms with van der Waals surface area (Å²) in [5.74, 6) is 0.526. The number of aromatic nitrogens is 1. The van der Waals surface area contributed by atoms with Gasteiger partial charge >= 0.3 is 0 Å². The number of amides is 1. The van der Waals surface area contributed by atoms with Crippen LogP contribution >= 0.6 is 11.8 Å². The normalized spacial score (nSPS) is 16.8. The van der Waals surface area contributed by atoms with Gasteiger partial charge in [-0.05, 0) is 18.9 Å². The Morgan fingerprint density at radius 2 is 2.11 bits per heavy atom. The third kappa shape index (κ3) is 4.74. The number of nitrogens with one attached hydrogen (secondary N) is 1. The van der Waals surface area contributed by atoms with E-state index in [9.17, 15) is 4.79 Å². The molecule has 1 saturated carbocycles. The SMILES string of the molecule is Nc1cnccc1SCC(=O)NC1CCCCCC1. The molecule has 1 aromatic rings. The van der Waals surface area contributed by atoms with Gasteiger partial charge in [0.2, 0.25) is 5.91 Å². The first-order valence-corrected chi connectivity index (χ1v) is 7.86. The molecule has 0 spiro atoms. The smallest absolute Gasteiger partial charge is 0.230 e. The third-order valence-corrected chi connectivity index (χ3v) is 4.48. The fourth-order valence-electron chi connectivity index (χ4n) is 2.36. The first kappa shape index (κ1) is 14.2. The van der Waals surface area contributed by atoms with E-state index < -0.39 is 0 Å². The maximum Gasteiger partial charge on any atom is 0.230 e. The standard InChI is InChI=1S/C14H21N3OS/c15-12-9-16-8-7-13(12)19-10-14(18)17-11-5-3-1-2-4-6-11/h7-9,11H,1-6,10,15H2,(H,17,18). The first-order chi connectivity index (χ1) is 9.25. The van der Waals surface area contributed by atoms with Crippen LogP contribution in [0, 0.1) is 0 Å². The first-order valence-electron chi connectivity index (χ1n) is 6.87. The molecule has 0 bridgehead atoms. The highest BCUT2D eigenvalue weighted by atomic mass is 32.2. The van der Waals surface area contributed by atoms with Crippen LogP contribution in [0.4, 0.5) is 5.69 Å². The highest BCUT2D eigenvalue weighted by molar-refractivity contribution is 8.00. The monoisotopic (exact) mass is 279 g/mol. The molecule has 0 aromatic carbocycles. The van der Waals surface area contributed by atoms with E-state index >= 15 is 0 Å². The average molecular weight is 279 g/mol. The fraction of sp³-hybridized carbons (Fsp3) is 0.571. The van der Waals surface area contributed by atoms with Crippen LogP contribution in [-0.2, 0) is 4.79 Å². The predicted octanol–water partition coefficient (Wildman–Crippen LogP) is 2.59. The van der Waals surface area contributed by atoms with Crippen molar-refractivity contribution in [1.82, 2.24) is 10.3 Å². The number of nitrogens with zero attached hydrogens (tertiary/aromatic N) is 1. The van der Waals surface area contributed by atoms with E-state index in [1.54, 1.807) is 12.4 Å². The molecule has 1 aromatic heterocycles. The van der Waals surface area contributed by atoms with E-state index in [0.717, 1.165) is 17.7 Å². The van der Waals surface area contributed by atoms with Gasteiger partial charge < -0.3 is 11.1 Å². The van der Waals surface area contributed by atoms with Gasteiger partial charge in [-0.15, -0.1) is 11.8 Å². The largest absolute Gasteiger partial charge is 0.397 e. The van der Waals surface area contributed by atoms with E-state index in [1.165, 1.54) is 37.4 Å². The molecule has 19 heavy (non-hydrogen) atoms. The Morgan fingerprint density at radius 1 is 1.37 bits per heavy atom. The molecule has 1 heterocycles. The molecule has 2 rings (SSSR count). The quantitative estimate of drug-likeness (QED) is 0.656. The molecule has 1 fully saturated rings. The lowest BCUT2D eigenvalue weighted by atomic mass is 10.1. The molecule has 1 aliphatic rings. The molecule has 0 unspecified atom stereocenters.